The molecular weight excluding hydrogens is 164 g/mol. The maximum absolute atomic E-state index is 10.6. The molecule has 0 spiro atoms. The first-order valence-electron chi connectivity index (χ1n) is 3.54. The van der Waals surface area contributed by atoms with Crippen LogP contribution in [0.4, 0.5) is 0 Å². The van der Waals surface area contributed by atoms with Gasteiger partial charge in [0.25, 0.3) is 0 Å². The van der Waals surface area contributed by atoms with E-state index in [4.69, 9.17) is 15.3 Å². The Kier molecular flexibility index (Phi) is 3.69. The van der Waals surface area contributed by atoms with Crippen molar-refractivity contribution in [1.29, 1.82) is 0 Å². The number of hydrogen-bond donors (Lipinski definition) is 3. The van der Waals surface area contributed by atoms with Crippen molar-refractivity contribution >= 4 is 11.9 Å². The molecule has 0 aromatic heterocycles. The van der Waals surface area contributed by atoms with Gasteiger partial charge in [0.05, 0.1) is 13.0 Å². The zero-order chi connectivity index (χ0) is 9.78. The Morgan fingerprint density at radius 2 is 1.83 bits per heavy atom. The van der Waals surface area contributed by atoms with Crippen LogP contribution in [0.5, 0.6) is 0 Å². The highest BCUT2D eigenvalue weighted by Crippen LogP contribution is 2.25. The first-order chi connectivity index (χ1) is 5.48. The molecule has 5 heteroatoms. The highest BCUT2D eigenvalue weighted by atomic mass is 16.4. The number of aliphatic hydroxyl groups excluding tert-OH is 1. The smallest absolute Gasteiger partial charge is 0.312 e. The molecule has 0 aliphatic carbocycles. The van der Waals surface area contributed by atoms with Crippen molar-refractivity contribution in [2.45, 2.75) is 19.8 Å². The molecule has 0 aliphatic rings. The first kappa shape index (κ1) is 10.9. The summed E-state index contributed by atoms with van der Waals surface area (Å²) in [6.07, 6.45) is -0.444. The van der Waals surface area contributed by atoms with Gasteiger partial charge in [0.15, 0.2) is 0 Å². The van der Waals surface area contributed by atoms with Crippen LogP contribution < -0.4 is 0 Å². The molecule has 0 heterocycles. The van der Waals surface area contributed by atoms with Gasteiger partial charge >= 0.3 is 11.9 Å². The van der Waals surface area contributed by atoms with Gasteiger partial charge in [0.1, 0.15) is 5.41 Å². The van der Waals surface area contributed by atoms with Crippen LogP contribution in [-0.2, 0) is 9.59 Å². The molecule has 0 bridgehead atoms. The van der Waals surface area contributed by atoms with Gasteiger partial charge in [-0.1, -0.05) is 6.92 Å². The van der Waals surface area contributed by atoms with Crippen molar-refractivity contribution in [2.24, 2.45) is 5.41 Å². The maximum Gasteiger partial charge on any atom is 0.312 e. The third kappa shape index (κ3) is 2.20. The Morgan fingerprint density at radius 3 is 1.92 bits per heavy atom. The maximum atomic E-state index is 10.6. The lowest BCUT2D eigenvalue weighted by Gasteiger charge is -2.22. The second-order valence-electron chi connectivity index (χ2n) is 2.67. The quantitative estimate of drug-likeness (QED) is 0.545. The van der Waals surface area contributed by atoms with Gasteiger partial charge in [-0.25, -0.2) is 0 Å². The number of hydrogen-bond acceptors (Lipinski definition) is 3. The van der Waals surface area contributed by atoms with E-state index in [2.05, 4.69) is 0 Å². The van der Waals surface area contributed by atoms with Crippen LogP contribution in [0.1, 0.15) is 19.8 Å². The summed E-state index contributed by atoms with van der Waals surface area (Å²) in [5, 5.41) is 25.8. The van der Waals surface area contributed by atoms with E-state index in [-0.39, 0.29) is 6.42 Å². The van der Waals surface area contributed by atoms with Crippen LogP contribution in [0.15, 0.2) is 0 Å². The molecule has 0 amide bonds. The lowest BCUT2D eigenvalue weighted by atomic mass is 9.83. The first-order valence-corrected chi connectivity index (χ1v) is 3.54. The van der Waals surface area contributed by atoms with Crippen LogP contribution in [0.2, 0.25) is 0 Å². The monoisotopic (exact) mass is 176 g/mol. The van der Waals surface area contributed by atoms with Crippen LogP contribution in [0, 0.1) is 5.41 Å². The number of aliphatic hydroxyl groups is 1. The summed E-state index contributed by atoms with van der Waals surface area (Å²) in [7, 11) is 0. The van der Waals surface area contributed by atoms with Crippen molar-refractivity contribution in [3.05, 3.63) is 0 Å². The van der Waals surface area contributed by atoms with Crippen molar-refractivity contribution in [3.63, 3.8) is 0 Å². The molecule has 0 aliphatic heterocycles. The predicted octanol–water partition coefficient (Wildman–Crippen LogP) is -0.0656. The van der Waals surface area contributed by atoms with E-state index in [1.807, 2.05) is 0 Å². The highest BCUT2D eigenvalue weighted by Gasteiger charge is 2.38. The van der Waals surface area contributed by atoms with Gasteiger partial charge in [-0.3, -0.25) is 9.59 Å². The van der Waals surface area contributed by atoms with E-state index < -0.39 is 30.4 Å². The lowest BCUT2D eigenvalue weighted by Crippen LogP contribution is -2.36. The third-order valence-electron chi connectivity index (χ3n) is 1.92. The standard InChI is InChI=1S/C7H12O5/c1-2-7(4-8,6(11)12)3-5(9)10/h8H,2-4H2,1H3,(H,9,10)(H,11,12). The number of carboxylic acid groups (broad SMARTS) is 2. The van der Waals surface area contributed by atoms with Gasteiger partial charge in [-0.15, -0.1) is 0 Å². The lowest BCUT2D eigenvalue weighted by molar-refractivity contribution is -0.158. The zero-order valence-electron chi connectivity index (χ0n) is 6.78. The number of carboxylic acids is 2. The summed E-state index contributed by atoms with van der Waals surface area (Å²) in [5.41, 5.74) is -1.52. The summed E-state index contributed by atoms with van der Waals surface area (Å²) in [4.78, 5) is 20.9. The fourth-order valence-electron chi connectivity index (χ4n) is 0.877. The number of carbonyl (C=O) groups is 2. The summed E-state index contributed by atoms with van der Waals surface area (Å²) < 4.78 is 0. The van der Waals surface area contributed by atoms with E-state index in [0.717, 1.165) is 0 Å². The van der Waals surface area contributed by atoms with Crippen LogP contribution in [0.3, 0.4) is 0 Å². The molecule has 0 saturated carbocycles. The van der Waals surface area contributed by atoms with E-state index in [0.29, 0.717) is 0 Å². The summed E-state index contributed by atoms with van der Waals surface area (Å²) >= 11 is 0. The SMILES string of the molecule is CCC(CO)(CC(=O)O)C(=O)O. The number of rotatable bonds is 5. The van der Waals surface area contributed by atoms with Gasteiger partial charge < -0.3 is 15.3 Å². The van der Waals surface area contributed by atoms with Gasteiger partial charge in [-0.2, -0.15) is 0 Å². The summed E-state index contributed by atoms with van der Waals surface area (Å²) in [5.74, 6) is -2.48. The summed E-state index contributed by atoms with van der Waals surface area (Å²) in [6, 6.07) is 0. The highest BCUT2D eigenvalue weighted by molar-refractivity contribution is 5.81. The molecular formula is C7H12O5. The molecule has 5 nitrogen and oxygen atoms in total. The third-order valence-corrected chi connectivity index (χ3v) is 1.92. The molecule has 70 valence electrons. The van der Waals surface area contributed by atoms with Gasteiger partial charge in [-0.05, 0) is 6.42 Å². The molecule has 0 aromatic rings. The van der Waals surface area contributed by atoms with Crippen LogP contribution in [0.25, 0.3) is 0 Å². The molecule has 0 saturated heterocycles. The zero-order valence-corrected chi connectivity index (χ0v) is 6.78. The van der Waals surface area contributed by atoms with Crippen molar-refractivity contribution in [2.75, 3.05) is 6.61 Å². The van der Waals surface area contributed by atoms with Gasteiger partial charge in [0.2, 0.25) is 0 Å². The Bertz CT molecular complexity index is 182. The van der Waals surface area contributed by atoms with Crippen LogP contribution >= 0.6 is 0 Å². The molecule has 1 atom stereocenters. The second-order valence-corrected chi connectivity index (χ2v) is 2.67. The Labute approximate surface area is 69.6 Å². The van der Waals surface area contributed by atoms with E-state index >= 15 is 0 Å². The Hall–Kier alpha value is -1.10. The minimum Gasteiger partial charge on any atom is -0.481 e. The van der Waals surface area contributed by atoms with E-state index in [1.165, 1.54) is 6.92 Å². The Morgan fingerprint density at radius 1 is 1.33 bits per heavy atom. The van der Waals surface area contributed by atoms with E-state index in [1.54, 1.807) is 0 Å². The Balaban J connectivity index is 4.58. The fraction of sp³-hybridized carbons (Fsp3) is 0.714. The van der Waals surface area contributed by atoms with Crippen molar-refractivity contribution < 1.29 is 24.9 Å². The molecule has 0 fully saturated rings. The normalized spacial score (nSPS) is 15.2. The molecule has 12 heavy (non-hydrogen) atoms. The fourth-order valence-corrected chi connectivity index (χ4v) is 0.877. The molecule has 0 rings (SSSR count). The average Bonchev–Trinajstić information content (AvgIpc) is 1.99. The van der Waals surface area contributed by atoms with Gasteiger partial charge in [0, 0.05) is 0 Å². The number of aliphatic carboxylic acids is 2. The molecule has 1 unspecified atom stereocenters. The molecule has 0 radical (unpaired) electrons. The van der Waals surface area contributed by atoms with Crippen molar-refractivity contribution in [3.8, 4) is 0 Å². The topological polar surface area (TPSA) is 94.8 Å². The van der Waals surface area contributed by atoms with Crippen molar-refractivity contribution in [1.82, 2.24) is 0 Å². The molecule has 3 N–H and O–H groups in total. The average molecular weight is 176 g/mol. The largest absolute Gasteiger partial charge is 0.481 e. The minimum absolute atomic E-state index is 0.102. The second kappa shape index (κ2) is 4.06. The van der Waals surface area contributed by atoms with Crippen LogP contribution in [-0.4, -0.2) is 33.9 Å². The van der Waals surface area contributed by atoms with E-state index in [9.17, 15) is 9.59 Å². The summed E-state index contributed by atoms with van der Waals surface area (Å²) in [6.45, 7) is 0.887. The molecule has 0 aromatic carbocycles. The minimum atomic E-state index is -1.52. The predicted molar refractivity (Wildman–Crippen MR) is 39.7 cm³/mol.